The first-order valence-electron chi connectivity index (χ1n) is 8.30. The monoisotopic (exact) mass is 436 g/mol. The Kier molecular flexibility index (Phi) is 8.16. The molecule has 2 aromatic carbocycles. The lowest BCUT2D eigenvalue weighted by Gasteiger charge is -2.19. The van der Waals surface area contributed by atoms with Crippen molar-refractivity contribution in [2.24, 2.45) is 0 Å². The second kappa shape index (κ2) is 9.92. The molecular weight excluding hydrogens is 416 g/mol. The van der Waals surface area contributed by atoms with Gasteiger partial charge >= 0.3 is 13.0 Å². The second-order valence-corrected chi connectivity index (χ2v) is 10.6. The van der Waals surface area contributed by atoms with Crippen LogP contribution in [0.25, 0.3) is 0 Å². The number of rotatable bonds is 9. The molecule has 0 fully saturated rings. The smallest absolute Gasteiger partial charge is 0.417 e. The molecule has 0 N–H and O–H groups in total. The molecule has 2 rings (SSSR count). The fraction of sp³-hybridized carbons (Fsp3) is 0.333. The summed E-state index contributed by atoms with van der Waals surface area (Å²) in [5, 5.41) is 0. The lowest BCUT2D eigenvalue weighted by Crippen LogP contribution is -2.07. The molecule has 0 saturated heterocycles. The Morgan fingerprint density at radius 3 is 2.37 bits per heavy atom. The highest BCUT2D eigenvalue weighted by atomic mass is 32.7. The average molecular weight is 436 g/mol. The minimum absolute atomic E-state index is 0.0495. The standard InChI is InChI=1S/C18H20F3O3PS2/c1-3-12-26-25(22,23-4-2)24-14-10-11-17(16(13-14)18(19,20)21)27-15-8-6-5-7-9-15/h5-11,13H,3-4,12H2,1-2H3. The van der Waals surface area contributed by atoms with E-state index < -0.39 is 18.5 Å². The molecule has 0 heterocycles. The summed E-state index contributed by atoms with van der Waals surface area (Å²) in [6.45, 7) is 0.131. The highest BCUT2D eigenvalue weighted by Crippen LogP contribution is 2.60. The van der Waals surface area contributed by atoms with E-state index in [4.69, 9.17) is 9.05 Å². The topological polar surface area (TPSA) is 35.5 Å². The molecule has 0 aliphatic carbocycles. The van der Waals surface area contributed by atoms with Gasteiger partial charge in [-0.25, -0.2) is 4.57 Å². The Bertz CT molecular complexity index is 785. The van der Waals surface area contributed by atoms with Crippen molar-refractivity contribution in [2.75, 3.05) is 12.4 Å². The summed E-state index contributed by atoms with van der Waals surface area (Å²) in [7, 11) is 0. The zero-order chi connectivity index (χ0) is 19.9. The minimum Gasteiger partial charge on any atom is -0.417 e. The summed E-state index contributed by atoms with van der Waals surface area (Å²) in [4.78, 5) is 0.740. The van der Waals surface area contributed by atoms with Crippen LogP contribution in [-0.4, -0.2) is 12.4 Å². The van der Waals surface area contributed by atoms with E-state index in [-0.39, 0.29) is 17.3 Å². The van der Waals surface area contributed by atoms with Gasteiger partial charge in [0.1, 0.15) is 5.75 Å². The van der Waals surface area contributed by atoms with Gasteiger partial charge in [0, 0.05) is 15.5 Å². The number of benzene rings is 2. The van der Waals surface area contributed by atoms with Gasteiger partial charge < -0.3 is 4.52 Å². The summed E-state index contributed by atoms with van der Waals surface area (Å²) in [5.74, 6) is 0.394. The van der Waals surface area contributed by atoms with Crippen molar-refractivity contribution in [3.63, 3.8) is 0 Å². The summed E-state index contributed by atoms with van der Waals surface area (Å²) in [6, 6.07) is 12.4. The van der Waals surface area contributed by atoms with Gasteiger partial charge in [0.05, 0.1) is 12.2 Å². The van der Waals surface area contributed by atoms with Gasteiger partial charge in [-0.15, -0.1) is 0 Å². The molecule has 2 aromatic rings. The maximum absolute atomic E-state index is 13.5. The van der Waals surface area contributed by atoms with E-state index >= 15 is 0 Å². The average Bonchev–Trinajstić information content (AvgIpc) is 2.61. The third-order valence-electron chi connectivity index (χ3n) is 3.19. The Morgan fingerprint density at radius 2 is 1.78 bits per heavy atom. The van der Waals surface area contributed by atoms with Crippen LogP contribution < -0.4 is 4.52 Å². The summed E-state index contributed by atoms with van der Waals surface area (Å²) in [5.41, 5.74) is -0.836. The van der Waals surface area contributed by atoms with E-state index in [1.165, 1.54) is 12.1 Å². The third kappa shape index (κ3) is 6.79. The first kappa shape index (κ1) is 22.2. The van der Waals surface area contributed by atoms with Gasteiger partial charge in [0.2, 0.25) is 0 Å². The molecule has 0 bridgehead atoms. The Morgan fingerprint density at radius 1 is 1.07 bits per heavy atom. The van der Waals surface area contributed by atoms with E-state index in [2.05, 4.69) is 0 Å². The van der Waals surface area contributed by atoms with Gasteiger partial charge in [0.25, 0.3) is 0 Å². The van der Waals surface area contributed by atoms with Crippen molar-refractivity contribution in [1.82, 2.24) is 0 Å². The van der Waals surface area contributed by atoms with Crippen LogP contribution in [0.4, 0.5) is 13.2 Å². The summed E-state index contributed by atoms with van der Waals surface area (Å²) >= 11 is 2.00. The Balaban J connectivity index is 2.32. The van der Waals surface area contributed by atoms with Crippen molar-refractivity contribution < 1.29 is 26.8 Å². The van der Waals surface area contributed by atoms with Crippen LogP contribution in [0.5, 0.6) is 5.75 Å². The molecular formula is C18H20F3O3PS2. The fourth-order valence-electron chi connectivity index (χ4n) is 2.07. The zero-order valence-corrected chi connectivity index (χ0v) is 17.4. The highest BCUT2D eigenvalue weighted by Gasteiger charge is 2.35. The maximum atomic E-state index is 13.5. The lowest BCUT2D eigenvalue weighted by atomic mass is 10.2. The molecule has 9 heteroatoms. The number of halogens is 3. The quantitative estimate of drug-likeness (QED) is 0.380. The van der Waals surface area contributed by atoms with Crippen molar-refractivity contribution in [2.45, 2.75) is 36.2 Å². The van der Waals surface area contributed by atoms with Crippen molar-refractivity contribution in [1.29, 1.82) is 0 Å². The normalized spacial score (nSPS) is 14.0. The molecule has 1 atom stereocenters. The van der Waals surface area contributed by atoms with Crippen LogP contribution in [-0.2, 0) is 15.3 Å². The summed E-state index contributed by atoms with van der Waals surface area (Å²) < 4.78 is 63.9. The van der Waals surface area contributed by atoms with Gasteiger partial charge in [-0.2, -0.15) is 13.2 Å². The molecule has 1 unspecified atom stereocenters. The predicted octanol–water partition coefficient (Wildman–Crippen LogP) is 7.52. The first-order chi connectivity index (χ1) is 12.8. The molecule has 0 amide bonds. The minimum atomic E-state index is -4.57. The van der Waals surface area contributed by atoms with Crippen LogP contribution >= 0.6 is 29.9 Å². The van der Waals surface area contributed by atoms with E-state index in [0.29, 0.717) is 10.6 Å². The molecule has 148 valence electrons. The summed E-state index contributed by atoms with van der Waals surface area (Å²) in [6.07, 6.45) is -3.83. The second-order valence-electron chi connectivity index (χ2n) is 5.36. The maximum Gasteiger partial charge on any atom is 0.440 e. The van der Waals surface area contributed by atoms with Crippen LogP contribution in [0.2, 0.25) is 0 Å². The van der Waals surface area contributed by atoms with Gasteiger partial charge in [0.15, 0.2) is 0 Å². The number of alkyl halides is 3. The highest BCUT2D eigenvalue weighted by molar-refractivity contribution is 8.55. The molecule has 0 radical (unpaired) electrons. The lowest BCUT2D eigenvalue weighted by molar-refractivity contribution is -0.139. The first-order valence-corrected chi connectivity index (χ1v) is 12.2. The third-order valence-corrected chi connectivity index (χ3v) is 8.22. The zero-order valence-electron chi connectivity index (χ0n) is 14.9. The molecule has 0 aliphatic rings. The van der Waals surface area contributed by atoms with Crippen LogP contribution in [0, 0.1) is 0 Å². The largest absolute Gasteiger partial charge is 0.440 e. The fourth-order valence-corrected chi connectivity index (χ4v) is 6.49. The predicted molar refractivity (Wildman–Crippen MR) is 105 cm³/mol. The van der Waals surface area contributed by atoms with E-state index in [9.17, 15) is 17.7 Å². The SMILES string of the molecule is CCCSP(=O)(OCC)Oc1ccc(Sc2ccccc2)c(C(F)(F)F)c1. The number of hydrogen-bond acceptors (Lipinski definition) is 5. The molecule has 27 heavy (non-hydrogen) atoms. The molecule has 0 spiro atoms. The van der Waals surface area contributed by atoms with Gasteiger partial charge in [-0.05, 0) is 55.1 Å². The molecule has 3 nitrogen and oxygen atoms in total. The molecule has 0 aromatic heterocycles. The van der Waals surface area contributed by atoms with Gasteiger partial charge in [-0.3, -0.25) is 4.52 Å². The number of hydrogen-bond donors (Lipinski definition) is 0. The van der Waals surface area contributed by atoms with Crippen molar-refractivity contribution in [3.8, 4) is 5.75 Å². The molecule has 0 aliphatic heterocycles. The Labute approximate surface area is 165 Å². The Hall–Kier alpha value is -1.08. The van der Waals surface area contributed by atoms with E-state index in [0.717, 1.165) is 35.6 Å². The van der Waals surface area contributed by atoms with Crippen molar-refractivity contribution in [3.05, 3.63) is 54.1 Å². The van der Waals surface area contributed by atoms with Crippen LogP contribution in [0.15, 0.2) is 58.3 Å². The van der Waals surface area contributed by atoms with Crippen LogP contribution in [0.3, 0.4) is 0 Å². The van der Waals surface area contributed by atoms with Crippen molar-refractivity contribution >= 4 is 29.9 Å². The molecule has 0 saturated carbocycles. The van der Waals surface area contributed by atoms with E-state index in [1.807, 2.05) is 6.92 Å². The van der Waals surface area contributed by atoms with E-state index in [1.54, 1.807) is 37.3 Å². The van der Waals surface area contributed by atoms with Crippen LogP contribution in [0.1, 0.15) is 25.8 Å². The van der Waals surface area contributed by atoms with Gasteiger partial charge in [-0.1, -0.05) is 36.9 Å².